The van der Waals surface area contributed by atoms with Gasteiger partial charge < -0.3 is 5.73 Å². The van der Waals surface area contributed by atoms with Crippen LogP contribution in [-0.4, -0.2) is 35.0 Å². The highest BCUT2D eigenvalue weighted by Gasteiger charge is 2.69. The van der Waals surface area contributed by atoms with E-state index >= 15 is 0 Å². The molecule has 0 fully saturated rings. The van der Waals surface area contributed by atoms with Gasteiger partial charge in [-0.2, -0.15) is 25.3 Å². The first kappa shape index (κ1) is 24.2. The molecule has 0 spiro atoms. The van der Waals surface area contributed by atoms with Crippen LogP contribution in [0, 0.1) is 17.3 Å². The predicted octanol–water partition coefficient (Wildman–Crippen LogP) is 3.37. The molecule has 0 saturated carbocycles. The lowest BCUT2D eigenvalue weighted by atomic mass is 9.61. The zero-order chi connectivity index (χ0) is 27.3. The van der Waals surface area contributed by atoms with Gasteiger partial charge in [-0.25, -0.2) is 5.01 Å². The van der Waals surface area contributed by atoms with Gasteiger partial charge in [-0.1, -0.05) is 54.6 Å². The number of rotatable bonds is 5. The van der Waals surface area contributed by atoms with E-state index in [9.17, 15) is 14.4 Å². The number of hydrazone groups is 3. The second kappa shape index (κ2) is 9.02. The Labute approximate surface area is 224 Å². The van der Waals surface area contributed by atoms with Crippen LogP contribution in [-0.2, 0) is 14.4 Å². The Morgan fingerprint density at radius 3 is 1.56 bits per heavy atom. The van der Waals surface area contributed by atoms with Crippen molar-refractivity contribution in [3.8, 4) is 0 Å². The minimum Gasteiger partial charge on any atom is -0.385 e. The van der Waals surface area contributed by atoms with E-state index in [1.54, 1.807) is 86.6 Å². The number of nitrogens with two attached hydrogens (primary N) is 1. The van der Waals surface area contributed by atoms with Crippen LogP contribution in [0.1, 0.15) is 13.8 Å². The van der Waals surface area contributed by atoms with Gasteiger partial charge >= 0.3 is 0 Å². The summed E-state index contributed by atoms with van der Waals surface area (Å²) in [6.07, 6.45) is 0. The van der Waals surface area contributed by atoms with Gasteiger partial charge in [-0.05, 0) is 50.2 Å². The third kappa shape index (κ3) is 3.48. The van der Waals surface area contributed by atoms with Crippen LogP contribution < -0.4 is 20.8 Å². The molecule has 3 amide bonds. The topological polar surface area (TPSA) is 124 Å². The molecular weight excluding hydrogens is 494 g/mol. The second-order valence-electron chi connectivity index (χ2n) is 9.61. The molecule has 0 bridgehead atoms. The Hall–Kier alpha value is -5.12. The van der Waals surface area contributed by atoms with Crippen LogP contribution in [0.15, 0.2) is 106 Å². The lowest BCUT2D eigenvalue weighted by molar-refractivity contribution is -0.136. The smallest absolute Gasteiger partial charge is 0.261 e. The maximum absolute atomic E-state index is 14.6. The quantitative estimate of drug-likeness (QED) is 0.555. The molecule has 0 aromatic heterocycles. The molecule has 194 valence electrons. The van der Waals surface area contributed by atoms with E-state index in [2.05, 4.69) is 15.3 Å². The first-order valence-electron chi connectivity index (χ1n) is 12.5. The lowest BCUT2D eigenvalue weighted by Crippen LogP contribution is -2.59. The molecule has 0 aliphatic carbocycles. The molecule has 3 aromatic carbocycles. The van der Waals surface area contributed by atoms with Crippen LogP contribution in [0.5, 0.6) is 0 Å². The van der Waals surface area contributed by atoms with E-state index in [0.717, 1.165) is 0 Å². The average Bonchev–Trinajstić information content (AvgIpc) is 3.53. The molecule has 3 aromatic rings. The minimum atomic E-state index is -1.78. The molecule has 10 heteroatoms. The Morgan fingerprint density at radius 2 is 1.05 bits per heavy atom. The van der Waals surface area contributed by atoms with Gasteiger partial charge in [-0.15, -0.1) is 0 Å². The SMILES string of the molecule is CC1=NN(c2ccccc2)C(=O)[C@@H]1[C@]1([C@@H]2C(=O)N(c3ccccc3)N=C2N)C(=O)N(c2ccccc2)N=C1C. The molecule has 10 nitrogen and oxygen atoms in total. The first-order valence-corrected chi connectivity index (χ1v) is 12.5. The molecule has 2 N–H and O–H groups in total. The van der Waals surface area contributed by atoms with Gasteiger partial charge in [0.15, 0.2) is 0 Å². The van der Waals surface area contributed by atoms with E-state index in [4.69, 9.17) is 5.73 Å². The minimum absolute atomic E-state index is 0.0691. The monoisotopic (exact) mass is 519 g/mol. The van der Waals surface area contributed by atoms with Crippen LogP contribution in [0.4, 0.5) is 17.1 Å². The van der Waals surface area contributed by atoms with Crippen molar-refractivity contribution in [3.05, 3.63) is 91.0 Å². The number of para-hydroxylation sites is 3. The highest BCUT2D eigenvalue weighted by atomic mass is 16.2. The summed E-state index contributed by atoms with van der Waals surface area (Å²) in [4.78, 5) is 42.8. The van der Waals surface area contributed by atoms with Crippen molar-refractivity contribution in [3.63, 3.8) is 0 Å². The highest BCUT2D eigenvalue weighted by molar-refractivity contribution is 6.33. The molecule has 39 heavy (non-hydrogen) atoms. The van der Waals surface area contributed by atoms with E-state index in [1.165, 1.54) is 15.0 Å². The lowest BCUT2D eigenvalue weighted by Gasteiger charge is -2.36. The molecule has 3 heterocycles. The number of nitrogens with zero attached hydrogens (tertiary/aromatic N) is 6. The third-order valence-corrected chi connectivity index (χ3v) is 7.41. The normalized spacial score (nSPS) is 24.8. The van der Waals surface area contributed by atoms with Crippen molar-refractivity contribution < 1.29 is 14.4 Å². The number of amidine groups is 1. The van der Waals surface area contributed by atoms with Gasteiger partial charge in [0.25, 0.3) is 17.7 Å². The van der Waals surface area contributed by atoms with Gasteiger partial charge in [0, 0.05) is 5.71 Å². The van der Waals surface area contributed by atoms with E-state index < -0.39 is 35.0 Å². The number of amides is 3. The van der Waals surface area contributed by atoms with E-state index in [-0.39, 0.29) is 11.5 Å². The summed E-state index contributed by atoms with van der Waals surface area (Å²) in [6, 6.07) is 26.6. The fraction of sp³-hybridized carbons (Fsp3) is 0.172. The van der Waals surface area contributed by atoms with Crippen LogP contribution >= 0.6 is 0 Å². The van der Waals surface area contributed by atoms with Gasteiger partial charge in [0.05, 0.1) is 22.8 Å². The van der Waals surface area contributed by atoms with Gasteiger partial charge in [0.2, 0.25) is 0 Å². The summed E-state index contributed by atoms with van der Waals surface area (Å²) in [5.74, 6) is -4.00. The van der Waals surface area contributed by atoms with Crippen molar-refractivity contribution in [2.75, 3.05) is 15.0 Å². The van der Waals surface area contributed by atoms with Crippen molar-refractivity contribution in [2.24, 2.45) is 38.3 Å². The second-order valence-corrected chi connectivity index (χ2v) is 9.61. The van der Waals surface area contributed by atoms with E-state index in [1.807, 2.05) is 18.2 Å². The molecule has 0 radical (unpaired) electrons. The van der Waals surface area contributed by atoms with Crippen molar-refractivity contribution >= 4 is 52.0 Å². The third-order valence-electron chi connectivity index (χ3n) is 7.41. The number of carbonyl (C=O) groups excluding carboxylic acids is 3. The molecule has 3 aliphatic rings. The summed E-state index contributed by atoms with van der Waals surface area (Å²) in [7, 11) is 0. The zero-order valence-electron chi connectivity index (χ0n) is 21.3. The maximum atomic E-state index is 14.6. The largest absolute Gasteiger partial charge is 0.385 e. The summed E-state index contributed by atoms with van der Waals surface area (Å²) >= 11 is 0. The van der Waals surface area contributed by atoms with Crippen molar-refractivity contribution in [1.29, 1.82) is 0 Å². The first-order chi connectivity index (χ1) is 18.9. The van der Waals surface area contributed by atoms with Crippen LogP contribution in [0.25, 0.3) is 0 Å². The summed E-state index contributed by atoms with van der Waals surface area (Å²) in [5.41, 5.74) is 6.90. The fourth-order valence-electron chi connectivity index (χ4n) is 5.68. The van der Waals surface area contributed by atoms with Gasteiger partial charge in [-0.3, -0.25) is 14.4 Å². The van der Waals surface area contributed by atoms with Crippen LogP contribution in [0.2, 0.25) is 0 Å². The number of hydrogen-bond acceptors (Lipinski definition) is 7. The Balaban J connectivity index is 1.51. The van der Waals surface area contributed by atoms with Crippen LogP contribution in [0.3, 0.4) is 0 Å². The highest BCUT2D eigenvalue weighted by Crippen LogP contribution is 2.50. The number of benzene rings is 3. The maximum Gasteiger partial charge on any atom is 0.261 e. The standard InChI is InChI=1S/C29H25N7O3/c1-18-23(26(37)34(31-18)20-12-6-3-7-13-20)29(19(2)32-36(28(29)39)22-16-10-5-11-17-22)24-25(30)33-35(27(24)38)21-14-8-4-9-15-21/h3-17,23-24H,1-2H3,(H2,30,33)/t23-,24+,29-/m1/s1. The average molecular weight is 520 g/mol. The molecule has 0 saturated heterocycles. The number of carbonyl (C=O) groups is 3. The van der Waals surface area contributed by atoms with E-state index in [0.29, 0.717) is 22.8 Å². The van der Waals surface area contributed by atoms with Crippen molar-refractivity contribution in [2.45, 2.75) is 13.8 Å². The Morgan fingerprint density at radius 1 is 0.615 bits per heavy atom. The molecule has 3 atom stereocenters. The molecule has 3 aliphatic heterocycles. The fourth-order valence-corrected chi connectivity index (χ4v) is 5.68. The Kier molecular flexibility index (Phi) is 5.60. The number of hydrogen-bond donors (Lipinski definition) is 1. The molecule has 6 rings (SSSR count). The summed E-state index contributed by atoms with van der Waals surface area (Å²) in [6.45, 7) is 3.33. The number of anilines is 3. The summed E-state index contributed by atoms with van der Waals surface area (Å²) in [5, 5.41) is 17.2. The van der Waals surface area contributed by atoms with Gasteiger partial charge in [0.1, 0.15) is 23.1 Å². The Bertz CT molecular complexity index is 1490. The zero-order valence-corrected chi connectivity index (χ0v) is 21.3. The molecule has 0 unspecified atom stereocenters. The summed E-state index contributed by atoms with van der Waals surface area (Å²) < 4.78 is 0. The molecular formula is C29H25N7O3. The predicted molar refractivity (Wildman–Crippen MR) is 149 cm³/mol. The van der Waals surface area contributed by atoms with Crippen molar-refractivity contribution in [1.82, 2.24) is 0 Å².